The summed E-state index contributed by atoms with van der Waals surface area (Å²) in [4.78, 5) is 0. The summed E-state index contributed by atoms with van der Waals surface area (Å²) in [6.45, 7) is 6.73. The van der Waals surface area contributed by atoms with Crippen LogP contribution in [0.15, 0.2) is 12.1 Å². The lowest BCUT2D eigenvalue weighted by Gasteiger charge is -2.26. The fourth-order valence-electron chi connectivity index (χ4n) is 2.41. The van der Waals surface area contributed by atoms with Crippen LogP contribution in [-0.2, 0) is 4.74 Å². The molecule has 106 valence electrons. The van der Waals surface area contributed by atoms with Crippen molar-refractivity contribution in [2.24, 2.45) is 0 Å². The van der Waals surface area contributed by atoms with E-state index in [1.165, 1.54) is 0 Å². The Bertz CT molecular complexity index is 426. The molecule has 2 rings (SSSR count). The van der Waals surface area contributed by atoms with E-state index in [-0.39, 0.29) is 6.10 Å². The zero-order valence-electron chi connectivity index (χ0n) is 12.2. The second-order valence-corrected chi connectivity index (χ2v) is 5.05. The molecule has 1 aromatic carbocycles. The summed E-state index contributed by atoms with van der Waals surface area (Å²) in [5.74, 6) is 2.17. The van der Waals surface area contributed by atoms with Crippen LogP contribution in [0.3, 0.4) is 0 Å². The Labute approximate surface area is 115 Å². The average molecular weight is 265 g/mol. The van der Waals surface area contributed by atoms with Crippen molar-refractivity contribution in [1.82, 2.24) is 5.32 Å². The Morgan fingerprint density at radius 2 is 1.95 bits per heavy atom. The number of hydrogen-bond donors (Lipinski definition) is 1. The highest BCUT2D eigenvalue weighted by Gasteiger charge is 2.22. The van der Waals surface area contributed by atoms with Crippen molar-refractivity contribution in [1.29, 1.82) is 0 Å². The molecule has 0 spiro atoms. The lowest BCUT2D eigenvalue weighted by Crippen LogP contribution is -2.33. The third-order valence-corrected chi connectivity index (χ3v) is 3.48. The van der Waals surface area contributed by atoms with Gasteiger partial charge in [-0.3, -0.25) is 0 Å². The molecule has 0 bridgehead atoms. The third-order valence-electron chi connectivity index (χ3n) is 3.48. The van der Waals surface area contributed by atoms with Gasteiger partial charge in [-0.2, -0.15) is 0 Å². The lowest BCUT2D eigenvalue weighted by atomic mass is 9.97. The van der Waals surface area contributed by atoms with E-state index in [4.69, 9.17) is 14.2 Å². The Balaban J connectivity index is 2.41. The summed E-state index contributed by atoms with van der Waals surface area (Å²) in [5.41, 5.74) is 2.21. The smallest absolute Gasteiger partial charge is 0.125 e. The molecule has 0 aliphatic carbocycles. The highest BCUT2D eigenvalue weighted by atomic mass is 16.5. The first kappa shape index (κ1) is 14.2. The van der Waals surface area contributed by atoms with Crippen LogP contribution in [0.5, 0.6) is 11.5 Å². The molecule has 4 heteroatoms. The topological polar surface area (TPSA) is 39.7 Å². The molecule has 1 fully saturated rings. The third kappa shape index (κ3) is 3.01. The van der Waals surface area contributed by atoms with Gasteiger partial charge in [0.1, 0.15) is 11.5 Å². The van der Waals surface area contributed by atoms with E-state index in [9.17, 15) is 0 Å². The summed E-state index contributed by atoms with van der Waals surface area (Å²) in [5, 5.41) is 3.34. The van der Waals surface area contributed by atoms with E-state index in [0.717, 1.165) is 42.3 Å². The molecule has 0 saturated carbocycles. The van der Waals surface area contributed by atoms with E-state index >= 15 is 0 Å². The summed E-state index contributed by atoms with van der Waals surface area (Å²) < 4.78 is 16.8. The standard InChI is InChI=1S/C15H23NO3/c1-10(2)11-7-14(18-4)12(8-13(11)17-3)15-9-16-5-6-19-15/h7-8,10,15-16H,5-6,9H2,1-4H3. The van der Waals surface area contributed by atoms with Crippen molar-refractivity contribution in [3.63, 3.8) is 0 Å². The summed E-state index contributed by atoms with van der Waals surface area (Å²) in [6.07, 6.45) is 0.0267. The van der Waals surface area contributed by atoms with Crippen LogP contribution >= 0.6 is 0 Å². The summed E-state index contributed by atoms with van der Waals surface area (Å²) in [6, 6.07) is 4.11. The van der Waals surface area contributed by atoms with Gasteiger partial charge >= 0.3 is 0 Å². The maximum absolute atomic E-state index is 5.81. The van der Waals surface area contributed by atoms with Crippen LogP contribution in [0, 0.1) is 0 Å². The number of hydrogen-bond acceptors (Lipinski definition) is 4. The van der Waals surface area contributed by atoms with Crippen LogP contribution in [0.4, 0.5) is 0 Å². The minimum Gasteiger partial charge on any atom is -0.496 e. The first-order chi connectivity index (χ1) is 9.17. The number of morpholine rings is 1. The summed E-state index contributed by atoms with van der Waals surface area (Å²) >= 11 is 0. The molecule has 4 nitrogen and oxygen atoms in total. The normalized spacial score (nSPS) is 19.5. The lowest BCUT2D eigenvalue weighted by molar-refractivity contribution is 0.0261. The fraction of sp³-hybridized carbons (Fsp3) is 0.600. The first-order valence-electron chi connectivity index (χ1n) is 6.75. The quantitative estimate of drug-likeness (QED) is 0.908. The monoisotopic (exact) mass is 265 g/mol. The van der Waals surface area contributed by atoms with Gasteiger partial charge < -0.3 is 19.5 Å². The zero-order valence-corrected chi connectivity index (χ0v) is 12.2. The van der Waals surface area contributed by atoms with Crippen molar-refractivity contribution in [2.75, 3.05) is 33.9 Å². The minimum atomic E-state index is 0.0267. The van der Waals surface area contributed by atoms with Gasteiger partial charge in [-0.1, -0.05) is 13.8 Å². The van der Waals surface area contributed by atoms with Crippen molar-refractivity contribution < 1.29 is 14.2 Å². The van der Waals surface area contributed by atoms with Gasteiger partial charge in [-0.05, 0) is 18.1 Å². The van der Waals surface area contributed by atoms with Crippen LogP contribution in [0.2, 0.25) is 0 Å². The summed E-state index contributed by atoms with van der Waals surface area (Å²) in [7, 11) is 3.41. The van der Waals surface area contributed by atoms with E-state index in [1.54, 1.807) is 14.2 Å². The number of ether oxygens (including phenoxy) is 3. The largest absolute Gasteiger partial charge is 0.496 e. The predicted molar refractivity (Wildman–Crippen MR) is 75.2 cm³/mol. The molecule has 19 heavy (non-hydrogen) atoms. The van der Waals surface area contributed by atoms with Gasteiger partial charge in [0.05, 0.1) is 26.9 Å². The predicted octanol–water partition coefficient (Wildman–Crippen LogP) is 2.49. The maximum Gasteiger partial charge on any atom is 0.125 e. The SMILES string of the molecule is COc1cc(C2CNCCO2)c(OC)cc1C(C)C. The van der Waals surface area contributed by atoms with E-state index in [2.05, 4.69) is 25.2 Å². The first-order valence-corrected chi connectivity index (χ1v) is 6.75. The van der Waals surface area contributed by atoms with Gasteiger partial charge in [0.25, 0.3) is 0 Å². The Morgan fingerprint density at radius 1 is 1.21 bits per heavy atom. The van der Waals surface area contributed by atoms with Crippen LogP contribution in [0.1, 0.15) is 37.0 Å². The van der Waals surface area contributed by atoms with E-state index in [0.29, 0.717) is 5.92 Å². The molecule has 0 radical (unpaired) electrons. The fourth-order valence-corrected chi connectivity index (χ4v) is 2.41. The van der Waals surface area contributed by atoms with Crippen molar-refractivity contribution >= 4 is 0 Å². The van der Waals surface area contributed by atoms with Crippen LogP contribution < -0.4 is 14.8 Å². The Morgan fingerprint density at radius 3 is 2.47 bits per heavy atom. The molecule has 1 saturated heterocycles. The molecule has 1 unspecified atom stereocenters. The van der Waals surface area contributed by atoms with Crippen molar-refractivity contribution in [3.05, 3.63) is 23.3 Å². The number of rotatable bonds is 4. The van der Waals surface area contributed by atoms with E-state index < -0.39 is 0 Å². The highest BCUT2D eigenvalue weighted by molar-refractivity contribution is 5.49. The van der Waals surface area contributed by atoms with E-state index in [1.807, 2.05) is 6.07 Å². The minimum absolute atomic E-state index is 0.0267. The van der Waals surface area contributed by atoms with Crippen molar-refractivity contribution in [2.45, 2.75) is 25.9 Å². The van der Waals surface area contributed by atoms with Gasteiger partial charge in [-0.15, -0.1) is 0 Å². The molecule has 1 atom stereocenters. The van der Waals surface area contributed by atoms with Gasteiger partial charge in [0.2, 0.25) is 0 Å². The molecular formula is C15H23NO3. The van der Waals surface area contributed by atoms with Gasteiger partial charge in [0.15, 0.2) is 0 Å². The molecule has 1 aromatic rings. The number of methoxy groups -OCH3 is 2. The molecular weight excluding hydrogens is 242 g/mol. The number of benzene rings is 1. The molecule has 0 aromatic heterocycles. The number of nitrogens with one attached hydrogen (secondary N) is 1. The van der Waals surface area contributed by atoms with Crippen LogP contribution in [0.25, 0.3) is 0 Å². The van der Waals surface area contributed by atoms with Crippen LogP contribution in [-0.4, -0.2) is 33.9 Å². The second kappa shape index (κ2) is 6.26. The molecule has 1 heterocycles. The van der Waals surface area contributed by atoms with Gasteiger partial charge in [-0.25, -0.2) is 0 Å². The van der Waals surface area contributed by atoms with Crippen molar-refractivity contribution in [3.8, 4) is 11.5 Å². The zero-order chi connectivity index (χ0) is 13.8. The Kier molecular flexibility index (Phi) is 4.66. The highest BCUT2D eigenvalue weighted by Crippen LogP contribution is 2.37. The molecule has 1 aliphatic heterocycles. The van der Waals surface area contributed by atoms with Gasteiger partial charge in [0, 0.05) is 24.2 Å². The average Bonchev–Trinajstić information content (AvgIpc) is 2.46. The Hall–Kier alpha value is -1.26. The molecule has 1 aliphatic rings. The maximum atomic E-state index is 5.81. The molecule has 1 N–H and O–H groups in total. The molecule has 0 amide bonds. The second-order valence-electron chi connectivity index (χ2n) is 5.05.